The number of nitrogens with zero attached hydrogens (tertiary/aromatic N) is 3. The van der Waals surface area contributed by atoms with Crippen molar-refractivity contribution in [1.82, 2.24) is 0 Å². The van der Waals surface area contributed by atoms with Gasteiger partial charge in [0.1, 0.15) is 29.2 Å². The molecule has 0 fully saturated rings. The van der Waals surface area contributed by atoms with Crippen molar-refractivity contribution in [3.63, 3.8) is 0 Å². The quantitative estimate of drug-likeness (QED) is 0.452. The second kappa shape index (κ2) is 8.35. The van der Waals surface area contributed by atoms with E-state index in [1.165, 1.54) is 35.2 Å². The van der Waals surface area contributed by atoms with E-state index in [9.17, 15) is 10.5 Å². The predicted octanol–water partition coefficient (Wildman–Crippen LogP) is 6.98. The number of anilines is 1. The summed E-state index contributed by atoms with van der Waals surface area (Å²) in [6.45, 7) is 18.0. The Morgan fingerprint density at radius 1 is 1.03 bits per heavy atom. The van der Waals surface area contributed by atoms with Gasteiger partial charge in [-0.3, -0.25) is 0 Å². The number of allylic oxidation sites excluding steroid dienone is 5. The predicted molar refractivity (Wildman–Crippen MR) is 137 cm³/mol. The minimum atomic E-state index is -0.214. The van der Waals surface area contributed by atoms with Crippen molar-refractivity contribution in [3.8, 4) is 12.1 Å². The number of benzene rings is 1. The summed E-state index contributed by atoms with van der Waals surface area (Å²) >= 11 is 0. The molecule has 0 radical (unpaired) electrons. The average Bonchev–Trinajstić information content (AvgIpc) is 2.76. The number of hydrogen-bond donors (Lipinski definition) is 0. The molecule has 3 heterocycles. The highest BCUT2D eigenvalue weighted by atomic mass is 16.5. The molecule has 1 aromatic carbocycles. The number of hydrogen-bond acceptors (Lipinski definition) is 4. The first-order valence-electron chi connectivity index (χ1n) is 12.4. The summed E-state index contributed by atoms with van der Waals surface area (Å²) in [6, 6.07) is 8.91. The zero-order chi connectivity index (χ0) is 24.9. The lowest BCUT2D eigenvalue weighted by Crippen LogP contribution is -2.44. The van der Waals surface area contributed by atoms with Crippen molar-refractivity contribution in [2.45, 2.75) is 85.0 Å². The Bertz CT molecular complexity index is 1130. The number of nitriles is 2. The lowest BCUT2D eigenvalue weighted by molar-refractivity contribution is 0.204. The van der Waals surface area contributed by atoms with E-state index in [-0.39, 0.29) is 21.8 Å². The molecule has 0 aromatic heterocycles. The molecule has 0 spiro atoms. The fraction of sp³-hybridized carbons (Fsp3) is 0.533. The van der Waals surface area contributed by atoms with Crippen LogP contribution in [0.5, 0.6) is 0 Å². The topological polar surface area (TPSA) is 60.0 Å². The first-order valence-corrected chi connectivity index (χ1v) is 12.4. The SMILES string of the molecule is CC(C)(C)C1=CC(=C(C#N)C#N)CC(=CCc2cc3c4c(c2)C(C)(C)CCN4CCC3(C)C)O1. The molecule has 1 aromatic rings. The van der Waals surface area contributed by atoms with Gasteiger partial charge < -0.3 is 9.64 Å². The molecule has 0 N–H and O–H groups in total. The first kappa shape index (κ1) is 24.2. The largest absolute Gasteiger partial charge is 0.465 e. The molecule has 178 valence electrons. The molecule has 3 aliphatic heterocycles. The molecule has 0 atom stereocenters. The second-order valence-electron chi connectivity index (χ2n) is 12.3. The molecule has 0 unspecified atom stereocenters. The van der Waals surface area contributed by atoms with E-state index in [1.807, 2.05) is 6.08 Å². The highest BCUT2D eigenvalue weighted by molar-refractivity contribution is 5.68. The lowest BCUT2D eigenvalue weighted by Gasteiger charge is -2.48. The van der Waals surface area contributed by atoms with Crippen LogP contribution >= 0.6 is 0 Å². The minimum Gasteiger partial charge on any atom is -0.465 e. The fourth-order valence-electron chi connectivity index (χ4n) is 5.27. The third-order valence-electron chi connectivity index (χ3n) is 7.72. The molecule has 0 aliphatic carbocycles. The average molecular weight is 456 g/mol. The van der Waals surface area contributed by atoms with Crippen LogP contribution in [0.4, 0.5) is 5.69 Å². The van der Waals surface area contributed by atoms with Crippen molar-refractivity contribution < 1.29 is 4.74 Å². The van der Waals surface area contributed by atoms with Crippen molar-refractivity contribution >= 4 is 5.69 Å². The van der Waals surface area contributed by atoms with Crippen molar-refractivity contribution in [3.05, 3.63) is 63.6 Å². The third-order valence-corrected chi connectivity index (χ3v) is 7.72. The molecule has 0 saturated heterocycles. The zero-order valence-corrected chi connectivity index (χ0v) is 21.8. The molecular weight excluding hydrogens is 418 g/mol. The Morgan fingerprint density at radius 2 is 1.59 bits per heavy atom. The van der Waals surface area contributed by atoms with Crippen LogP contribution in [0.1, 0.15) is 84.4 Å². The van der Waals surface area contributed by atoms with Crippen LogP contribution < -0.4 is 4.90 Å². The standard InChI is InChI=1S/C30H37N3O/c1-28(2,3)26-17-21(22(18-31)19-32)16-23(34-26)9-8-20-14-24-27-25(15-20)30(6,7)11-13-33(27)12-10-29(24,4)5/h9,14-15,17H,8,10-13,16H2,1-7H3. The summed E-state index contributed by atoms with van der Waals surface area (Å²) in [5.74, 6) is 1.61. The van der Waals surface area contributed by atoms with Crippen molar-refractivity contribution in [1.29, 1.82) is 10.5 Å². The van der Waals surface area contributed by atoms with Crippen molar-refractivity contribution in [2.75, 3.05) is 18.0 Å². The van der Waals surface area contributed by atoms with Gasteiger partial charge >= 0.3 is 0 Å². The molecule has 4 rings (SSSR count). The Morgan fingerprint density at radius 3 is 2.09 bits per heavy atom. The Labute approximate surface area is 205 Å². The van der Waals surface area contributed by atoms with Gasteiger partial charge in [-0.15, -0.1) is 0 Å². The normalized spacial score (nSPS) is 21.7. The van der Waals surface area contributed by atoms with E-state index in [1.54, 1.807) is 0 Å². The zero-order valence-electron chi connectivity index (χ0n) is 21.8. The summed E-state index contributed by atoms with van der Waals surface area (Å²) in [5, 5.41) is 18.9. The van der Waals surface area contributed by atoms with Gasteiger partial charge in [-0.05, 0) is 64.5 Å². The van der Waals surface area contributed by atoms with Gasteiger partial charge in [0.05, 0.1) is 0 Å². The van der Waals surface area contributed by atoms with E-state index in [2.05, 4.69) is 83.7 Å². The van der Waals surface area contributed by atoms with Crippen LogP contribution in [0.2, 0.25) is 0 Å². The van der Waals surface area contributed by atoms with Gasteiger partial charge in [-0.2, -0.15) is 10.5 Å². The highest BCUT2D eigenvalue weighted by Crippen LogP contribution is 2.49. The summed E-state index contributed by atoms with van der Waals surface area (Å²) < 4.78 is 6.28. The molecule has 3 aliphatic rings. The van der Waals surface area contributed by atoms with Crippen LogP contribution in [0.25, 0.3) is 0 Å². The third kappa shape index (κ3) is 4.39. The Hall–Kier alpha value is -2.98. The Kier molecular flexibility index (Phi) is 5.93. The summed E-state index contributed by atoms with van der Waals surface area (Å²) in [5.41, 5.74) is 6.71. The number of rotatable bonds is 2. The molecule has 4 heteroatoms. The lowest BCUT2D eigenvalue weighted by atomic mass is 9.69. The van der Waals surface area contributed by atoms with E-state index in [0.717, 1.165) is 36.6 Å². The molecule has 4 nitrogen and oxygen atoms in total. The monoisotopic (exact) mass is 455 g/mol. The van der Waals surface area contributed by atoms with Gasteiger partial charge in [0, 0.05) is 30.6 Å². The second-order valence-corrected chi connectivity index (χ2v) is 12.3. The maximum Gasteiger partial charge on any atom is 0.133 e. The number of ether oxygens (including phenoxy) is 1. The maximum absolute atomic E-state index is 9.43. The van der Waals surface area contributed by atoms with Crippen molar-refractivity contribution in [2.24, 2.45) is 5.41 Å². The van der Waals surface area contributed by atoms with Crippen LogP contribution in [-0.4, -0.2) is 13.1 Å². The van der Waals surface area contributed by atoms with Gasteiger partial charge in [-0.25, -0.2) is 0 Å². The smallest absolute Gasteiger partial charge is 0.133 e. The fourth-order valence-corrected chi connectivity index (χ4v) is 5.27. The van der Waals surface area contributed by atoms with E-state index in [4.69, 9.17) is 4.74 Å². The highest BCUT2D eigenvalue weighted by Gasteiger charge is 2.40. The molecular formula is C30H37N3O. The first-order chi connectivity index (χ1) is 15.9. The Balaban J connectivity index is 1.74. The summed E-state index contributed by atoms with van der Waals surface area (Å²) in [4.78, 5) is 2.59. The van der Waals surface area contributed by atoms with E-state index >= 15 is 0 Å². The van der Waals surface area contributed by atoms with E-state index in [0.29, 0.717) is 6.42 Å². The summed E-state index contributed by atoms with van der Waals surface area (Å²) in [6.07, 6.45) is 7.60. The van der Waals surface area contributed by atoms with Crippen LogP contribution in [0.15, 0.2) is 46.9 Å². The van der Waals surface area contributed by atoms with Crippen LogP contribution in [0, 0.1) is 28.1 Å². The molecule has 0 saturated carbocycles. The van der Waals surface area contributed by atoms with Crippen LogP contribution in [0.3, 0.4) is 0 Å². The van der Waals surface area contributed by atoms with Crippen LogP contribution in [-0.2, 0) is 22.0 Å². The van der Waals surface area contributed by atoms with Gasteiger partial charge in [0.15, 0.2) is 0 Å². The van der Waals surface area contributed by atoms with E-state index < -0.39 is 0 Å². The molecule has 0 bridgehead atoms. The molecule has 0 amide bonds. The van der Waals surface area contributed by atoms with Gasteiger partial charge in [0.2, 0.25) is 0 Å². The van der Waals surface area contributed by atoms with Gasteiger partial charge in [-0.1, -0.05) is 60.6 Å². The molecule has 34 heavy (non-hydrogen) atoms. The maximum atomic E-state index is 9.43. The van der Waals surface area contributed by atoms with Gasteiger partial charge in [0.25, 0.3) is 0 Å². The summed E-state index contributed by atoms with van der Waals surface area (Å²) in [7, 11) is 0. The minimum absolute atomic E-state index is 0.158.